The smallest absolute Gasteiger partial charge is 0.258 e. The molecule has 0 N–H and O–H groups in total. The van der Waals surface area contributed by atoms with Crippen LogP contribution in [-0.4, -0.2) is 33.7 Å². The molecule has 1 amide bonds. The van der Waals surface area contributed by atoms with E-state index in [9.17, 15) is 4.79 Å². The van der Waals surface area contributed by atoms with Crippen molar-refractivity contribution in [2.75, 3.05) is 7.05 Å². The van der Waals surface area contributed by atoms with Crippen LogP contribution in [0.5, 0.6) is 0 Å². The quantitative estimate of drug-likeness (QED) is 0.762. The third-order valence-corrected chi connectivity index (χ3v) is 2.56. The predicted molar refractivity (Wildman–Crippen MR) is 59.8 cm³/mol. The molecule has 0 spiro atoms. The van der Waals surface area contributed by atoms with E-state index in [1.54, 1.807) is 31.9 Å². The van der Waals surface area contributed by atoms with Crippen molar-refractivity contribution in [3.8, 4) is 6.07 Å². The molecule has 0 saturated carbocycles. The molecule has 1 aromatic rings. The average molecular weight is 220 g/mol. The first-order valence-electron chi connectivity index (χ1n) is 5.20. The van der Waals surface area contributed by atoms with Crippen molar-refractivity contribution >= 4 is 5.91 Å². The number of nitrogens with zero attached hydrogens (tertiary/aromatic N) is 4. The Kier molecular flexibility index (Phi) is 3.67. The molecule has 0 aliphatic heterocycles. The fraction of sp³-hybridized carbons (Fsp3) is 0.545. The van der Waals surface area contributed by atoms with Crippen molar-refractivity contribution in [3.63, 3.8) is 0 Å². The lowest BCUT2D eigenvalue weighted by Crippen LogP contribution is -2.34. The highest BCUT2D eigenvalue weighted by Crippen LogP contribution is 2.11. The van der Waals surface area contributed by atoms with Crippen LogP contribution in [-0.2, 0) is 13.5 Å². The maximum absolute atomic E-state index is 12.1. The molecule has 86 valence electrons. The van der Waals surface area contributed by atoms with Gasteiger partial charge in [-0.15, -0.1) is 0 Å². The van der Waals surface area contributed by atoms with Gasteiger partial charge in [-0.2, -0.15) is 10.4 Å². The van der Waals surface area contributed by atoms with E-state index in [0.717, 1.165) is 5.69 Å². The number of carbonyl (C=O) groups excluding carboxylic acids is 1. The summed E-state index contributed by atoms with van der Waals surface area (Å²) in [4.78, 5) is 13.5. The molecule has 1 aromatic heterocycles. The molecule has 16 heavy (non-hydrogen) atoms. The maximum atomic E-state index is 12.1. The Labute approximate surface area is 95.3 Å². The van der Waals surface area contributed by atoms with Gasteiger partial charge in [-0.3, -0.25) is 9.48 Å². The van der Waals surface area contributed by atoms with Crippen LogP contribution in [0, 0.1) is 11.3 Å². The Morgan fingerprint density at radius 2 is 2.38 bits per heavy atom. The Balaban J connectivity index is 3.01. The third-order valence-electron chi connectivity index (χ3n) is 2.56. The van der Waals surface area contributed by atoms with Gasteiger partial charge in [0.2, 0.25) is 0 Å². The van der Waals surface area contributed by atoms with Gasteiger partial charge in [0.1, 0.15) is 6.04 Å². The Morgan fingerprint density at radius 3 is 2.88 bits per heavy atom. The van der Waals surface area contributed by atoms with E-state index >= 15 is 0 Å². The first-order valence-corrected chi connectivity index (χ1v) is 5.20. The lowest BCUT2D eigenvalue weighted by molar-refractivity contribution is 0.0772. The van der Waals surface area contributed by atoms with Crippen molar-refractivity contribution in [3.05, 3.63) is 17.5 Å². The van der Waals surface area contributed by atoms with Crippen molar-refractivity contribution < 1.29 is 4.79 Å². The van der Waals surface area contributed by atoms with Gasteiger partial charge in [-0.05, 0) is 13.3 Å². The maximum Gasteiger partial charge on any atom is 0.258 e. The lowest BCUT2D eigenvalue weighted by atomic mass is 10.1. The van der Waals surface area contributed by atoms with E-state index < -0.39 is 6.04 Å². The van der Waals surface area contributed by atoms with E-state index in [0.29, 0.717) is 12.0 Å². The first-order chi connectivity index (χ1) is 7.51. The molecule has 1 unspecified atom stereocenters. The molecule has 0 saturated heterocycles. The van der Waals surface area contributed by atoms with Crippen LogP contribution in [0.4, 0.5) is 0 Å². The molecule has 5 nitrogen and oxygen atoms in total. The van der Waals surface area contributed by atoms with Crippen LogP contribution in [0.1, 0.15) is 29.9 Å². The highest BCUT2D eigenvalue weighted by atomic mass is 16.2. The Hall–Kier alpha value is -1.83. The second-order valence-corrected chi connectivity index (χ2v) is 3.74. The molecule has 0 aliphatic carbocycles. The highest BCUT2D eigenvalue weighted by Gasteiger charge is 2.21. The molecule has 0 fully saturated rings. The minimum atomic E-state index is -0.433. The van der Waals surface area contributed by atoms with Crippen LogP contribution in [0.3, 0.4) is 0 Å². The lowest BCUT2D eigenvalue weighted by Gasteiger charge is -2.18. The van der Waals surface area contributed by atoms with Crippen LogP contribution in [0.2, 0.25) is 0 Å². The second-order valence-electron chi connectivity index (χ2n) is 3.74. The molecule has 5 heteroatoms. The average Bonchev–Trinajstić information content (AvgIpc) is 2.67. The van der Waals surface area contributed by atoms with Crippen LogP contribution < -0.4 is 0 Å². The zero-order valence-electron chi connectivity index (χ0n) is 10.1. The zero-order valence-corrected chi connectivity index (χ0v) is 10.1. The van der Waals surface area contributed by atoms with E-state index in [1.165, 1.54) is 4.90 Å². The molecule has 1 heterocycles. The van der Waals surface area contributed by atoms with Crippen molar-refractivity contribution in [1.29, 1.82) is 5.26 Å². The summed E-state index contributed by atoms with van der Waals surface area (Å²) in [6.45, 7) is 3.65. The fourth-order valence-corrected chi connectivity index (χ4v) is 1.43. The van der Waals surface area contributed by atoms with Gasteiger partial charge in [0.25, 0.3) is 5.91 Å². The molecule has 0 aromatic carbocycles. The number of aromatic nitrogens is 2. The number of nitriles is 1. The largest absolute Gasteiger partial charge is 0.326 e. The van der Waals surface area contributed by atoms with Gasteiger partial charge in [0.05, 0.1) is 17.3 Å². The SMILES string of the molecule is CCc1nn(C)cc1C(=O)N(C)C(C)C#N. The van der Waals surface area contributed by atoms with Crippen LogP contribution in [0.25, 0.3) is 0 Å². The molecule has 1 atom stereocenters. The molecular formula is C11H16N4O. The Morgan fingerprint density at radius 1 is 1.75 bits per heavy atom. The zero-order chi connectivity index (χ0) is 12.3. The van der Waals surface area contributed by atoms with Crippen LogP contribution >= 0.6 is 0 Å². The number of hydrogen-bond acceptors (Lipinski definition) is 3. The molecule has 0 aliphatic rings. The minimum absolute atomic E-state index is 0.154. The summed E-state index contributed by atoms with van der Waals surface area (Å²) >= 11 is 0. The van der Waals surface area contributed by atoms with Crippen molar-refractivity contribution in [2.24, 2.45) is 7.05 Å². The van der Waals surface area contributed by atoms with Crippen molar-refractivity contribution in [1.82, 2.24) is 14.7 Å². The number of carbonyl (C=O) groups is 1. The number of aryl methyl sites for hydroxylation is 2. The molecule has 1 rings (SSSR count). The fourth-order valence-electron chi connectivity index (χ4n) is 1.43. The number of hydrogen-bond donors (Lipinski definition) is 0. The summed E-state index contributed by atoms with van der Waals surface area (Å²) in [6.07, 6.45) is 2.40. The second kappa shape index (κ2) is 4.79. The molecule has 0 bridgehead atoms. The van der Waals surface area contributed by atoms with Crippen LogP contribution in [0.15, 0.2) is 6.20 Å². The van der Waals surface area contributed by atoms with Gasteiger partial charge in [-0.25, -0.2) is 0 Å². The summed E-state index contributed by atoms with van der Waals surface area (Å²) in [7, 11) is 3.41. The summed E-state index contributed by atoms with van der Waals surface area (Å²) in [5, 5.41) is 13.0. The normalized spacial score (nSPS) is 11.9. The van der Waals surface area contributed by atoms with Gasteiger partial charge in [0, 0.05) is 20.3 Å². The summed E-state index contributed by atoms with van der Waals surface area (Å²) in [5.41, 5.74) is 1.35. The monoisotopic (exact) mass is 220 g/mol. The highest BCUT2D eigenvalue weighted by molar-refractivity contribution is 5.95. The topological polar surface area (TPSA) is 61.9 Å². The molecular weight excluding hydrogens is 204 g/mol. The van der Waals surface area contributed by atoms with E-state index in [4.69, 9.17) is 5.26 Å². The number of rotatable bonds is 3. The summed E-state index contributed by atoms with van der Waals surface area (Å²) in [5.74, 6) is -0.154. The standard InChI is InChI=1S/C11H16N4O/c1-5-10-9(7-14(3)13-10)11(16)15(4)8(2)6-12/h7-8H,5H2,1-4H3. The van der Waals surface area contributed by atoms with E-state index in [-0.39, 0.29) is 5.91 Å². The van der Waals surface area contributed by atoms with Gasteiger partial charge >= 0.3 is 0 Å². The predicted octanol–water partition coefficient (Wildman–Crippen LogP) is 0.967. The van der Waals surface area contributed by atoms with E-state index in [1.807, 2.05) is 13.0 Å². The molecule has 0 radical (unpaired) electrons. The summed E-state index contributed by atoms with van der Waals surface area (Å²) in [6, 6.07) is 1.60. The minimum Gasteiger partial charge on any atom is -0.326 e. The van der Waals surface area contributed by atoms with Crippen molar-refractivity contribution in [2.45, 2.75) is 26.3 Å². The number of amides is 1. The van der Waals surface area contributed by atoms with Gasteiger partial charge < -0.3 is 4.90 Å². The third kappa shape index (κ3) is 2.22. The first kappa shape index (κ1) is 12.2. The Bertz CT molecular complexity index is 430. The van der Waals surface area contributed by atoms with E-state index in [2.05, 4.69) is 5.10 Å². The summed E-state index contributed by atoms with van der Waals surface area (Å²) < 4.78 is 1.62. The van der Waals surface area contributed by atoms with Gasteiger partial charge in [-0.1, -0.05) is 6.92 Å². The van der Waals surface area contributed by atoms with Gasteiger partial charge in [0.15, 0.2) is 0 Å².